The van der Waals surface area contributed by atoms with Gasteiger partial charge in [-0.25, -0.2) is 0 Å². The second kappa shape index (κ2) is 9.31. The molecular formula is C24H30N4O3. The fourth-order valence-corrected chi connectivity index (χ4v) is 3.79. The number of anilines is 3. The van der Waals surface area contributed by atoms with Crippen molar-refractivity contribution in [3.8, 4) is 0 Å². The third-order valence-corrected chi connectivity index (χ3v) is 5.69. The number of fused-ring (bicyclic) bond motifs is 1. The van der Waals surface area contributed by atoms with E-state index in [0.29, 0.717) is 11.4 Å². The molecule has 0 aromatic heterocycles. The van der Waals surface area contributed by atoms with Crippen LogP contribution >= 0.6 is 0 Å². The van der Waals surface area contributed by atoms with E-state index < -0.39 is 6.04 Å². The van der Waals surface area contributed by atoms with Crippen molar-refractivity contribution in [1.82, 2.24) is 4.90 Å². The van der Waals surface area contributed by atoms with Gasteiger partial charge >= 0.3 is 0 Å². The van der Waals surface area contributed by atoms with Crippen LogP contribution in [-0.2, 0) is 14.4 Å². The lowest BCUT2D eigenvalue weighted by Gasteiger charge is -2.31. The van der Waals surface area contributed by atoms with Crippen molar-refractivity contribution >= 4 is 34.8 Å². The number of amides is 3. The van der Waals surface area contributed by atoms with E-state index in [1.165, 1.54) is 0 Å². The summed E-state index contributed by atoms with van der Waals surface area (Å²) in [6.07, 6.45) is 0.215. The summed E-state index contributed by atoms with van der Waals surface area (Å²) in [7, 11) is 1.75. The highest BCUT2D eigenvalue weighted by molar-refractivity contribution is 6.05. The second-order valence-electron chi connectivity index (χ2n) is 8.28. The average Bonchev–Trinajstić information content (AvgIpc) is 2.83. The maximum absolute atomic E-state index is 13.2. The monoisotopic (exact) mass is 422 g/mol. The van der Waals surface area contributed by atoms with Gasteiger partial charge in [-0.15, -0.1) is 0 Å². The number of aryl methyl sites for hydroxylation is 2. The standard InChI is InChI=1S/C24H30N4O3/c1-15-10-11-19(16(2)12-15)26-24(31)18(4)27(5)14-23(30)28-17(3)13-22(29)25-20-8-6-7-9-21(20)28/h6-12,17-18H,13-14H2,1-5H3,(H,25,29)(H,26,31)/t17-,18-/m0/s1. The first-order valence-electron chi connectivity index (χ1n) is 10.5. The quantitative estimate of drug-likeness (QED) is 0.774. The van der Waals surface area contributed by atoms with Crippen molar-refractivity contribution in [2.45, 2.75) is 46.2 Å². The van der Waals surface area contributed by atoms with Gasteiger partial charge in [0.2, 0.25) is 17.7 Å². The number of benzene rings is 2. The minimum Gasteiger partial charge on any atom is -0.324 e. The third kappa shape index (κ3) is 5.11. The van der Waals surface area contributed by atoms with Crippen LogP contribution in [0.25, 0.3) is 0 Å². The second-order valence-corrected chi connectivity index (χ2v) is 8.28. The minimum absolute atomic E-state index is 0.0499. The van der Waals surface area contributed by atoms with E-state index in [1.807, 2.05) is 57.2 Å². The highest BCUT2D eigenvalue weighted by Crippen LogP contribution is 2.31. The molecule has 0 saturated carbocycles. The highest BCUT2D eigenvalue weighted by Gasteiger charge is 2.31. The Hall–Kier alpha value is -3.19. The number of carbonyl (C=O) groups excluding carboxylic acids is 3. The van der Waals surface area contributed by atoms with Gasteiger partial charge in [0.1, 0.15) is 0 Å². The number of likely N-dealkylation sites (N-methyl/N-ethyl adjacent to an activating group) is 1. The van der Waals surface area contributed by atoms with Crippen LogP contribution < -0.4 is 15.5 Å². The van der Waals surface area contributed by atoms with Gasteiger partial charge in [0.05, 0.1) is 24.0 Å². The zero-order chi connectivity index (χ0) is 22.7. The van der Waals surface area contributed by atoms with Gasteiger partial charge in [0.25, 0.3) is 0 Å². The van der Waals surface area contributed by atoms with Gasteiger partial charge in [-0.3, -0.25) is 19.3 Å². The van der Waals surface area contributed by atoms with Crippen molar-refractivity contribution in [2.75, 3.05) is 29.1 Å². The fourth-order valence-electron chi connectivity index (χ4n) is 3.79. The van der Waals surface area contributed by atoms with Crippen molar-refractivity contribution in [1.29, 1.82) is 0 Å². The Kier molecular flexibility index (Phi) is 6.75. The van der Waals surface area contributed by atoms with E-state index in [9.17, 15) is 14.4 Å². The first kappa shape index (κ1) is 22.5. The summed E-state index contributed by atoms with van der Waals surface area (Å²) in [5.41, 5.74) is 4.18. The average molecular weight is 423 g/mol. The lowest BCUT2D eigenvalue weighted by atomic mass is 10.1. The highest BCUT2D eigenvalue weighted by atomic mass is 16.2. The molecule has 7 heteroatoms. The lowest BCUT2D eigenvalue weighted by Crippen LogP contribution is -2.48. The summed E-state index contributed by atoms with van der Waals surface area (Å²) in [6.45, 7) is 7.64. The molecule has 0 fully saturated rings. The summed E-state index contributed by atoms with van der Waals surface area (Å²) in [5.74, 6) is -0.460. The van der Waals surface area contributed by atoms with E-state index >= 15 is 0 Å². The van der Waals surface area contributed by atoms with Crippen molar-refractivity contribution in [2.24, 2.45) is 0 Å². The van der Waals surface area contributed by atoms with Crippen LogP contribution in [-0.4, -0.2) is 48.3 Å². The van der Waals surface area contributed by atoms with Crippen LogP contribution in [0.1, 0.15) is 31.4 Å². The molecule has 1 aliphatic heterocycles. The molecule has 164 valence electrons. The molecule has 0 aliphatic carbocycles. The van der Waals surface area contributed by atoms with E-state index in [-0.39, 0.29) is 36.7 Å². The normalized spacial score (nSPS) is 16.9. The molecule has 2 aromatic rings. The van der Waals surface area contributed by atoms with E-state index in [2.05, 4.69) is 10.6 Å². The van der Waals surface area contributed by atoms with Crippen LogP contribution in [0.4, 0.5) is 17.1 Å². The number of nitrogens with one attached hydrogen (secondary N) is 2. The van der Waals surface area contributed by atoms with E-state index in [1.54, 1.807) is 29.8 Å². The molecule has 7 nitrogen and oxygen atoms in total. The number of hydrogen-bond acceptors (Lipinski definition) is 4. The SMILES string of the molecule is Cc1ccc(NC(=O)[C@H](C)N(C)CC(=O)N2c3ccccc3NC(=O)C[C@@H]2C)c(C)c1. The Morgan fingerprint density at radius 2 is 1.94 bits per heavy atom. The summed E-state index contributed by atoms with van der Waals surface area (Å²) in [4.78, 5) is 41.5. The lowest BCUT2D eigenvalue weighted by molar-refractivity contribution is -0.123. The van der Waals surface area contributed by atoms with Gasteiger partial charge in [0.15, 0.2) is 0 Å². The molecule has 1 aliphatic rings. The first-order chi connectivity index (χ1) is 14.7. The maximum Gasteiger partial charge on any atom is 0.241 e. The largest absolute Gasteiger partial charge is 0.324 e. The summed E-state index contributed by atoms with van der Waals surface area (Å²) < 4.78 is 0. The predicted octanol–water partition coefficient (Wildman–Crippen LogP) is 3.33. The molecule has 0 radical (unpaired) electrons. The zero-order valence-corrected chi connectivity index (χ0v) is 18.7. The van der Waals surface area contributed by atoms with Crippen molar-refractivity contribution < 1.29 is 14.4 Å². The Morgan fingerprint density at radius 1 is 1.23 bits per heavy atom. The fraction of sp³-hybridized carbons (Fsp3) is 0.375. The summed E-state index contributed by atoms with van der Waals surface area (Å²) in [5, 5.41) is 5.81. The van der Waals surface area contributed by atoms with Gasteiger partial charge in [0, 0.05) is 18.2 Å². The van der Waals surface area contributed by atoms with Crippen molar-refractivity contribution in [3.05, 3.63) is 53.6 Å². The van der Waals surface area contributed by atoms with E-state index in [0.717, 1.165) is 16.8 Å². The molecule has 3 amide bonds. The van der Waals surface area contributed by atoms with Crippen LogP contribution in [0.5, 0.6) is 0 Å². The smallest absolute Gasteiger partial charge is 0.241 e. The topological polar surface area (TPSA) is 81.8 Å². The molecule has 3 rings (SSSR count). The number of para-hydroxylation sites is 2. The maximum atomic E-state index is 13.2. The minimum atomic E-state index is -0.512. The molecule has 0 unspecified atom stereocenters. The predicted molar refractivity (Wildman–Crippen MR) is 123 cm³/mol. The molecule has 1 heterocycles. The Bertz CT molecular complexity index is 1000. The Balaban J connectivity index is 1.71. The summed E-state index contributed by atoms with van der Waals surface area (Å²) in [6, 6.07) is 12.3. The molecule has 2 atom stereocenters. The van der Waals surface area contributed by atoms with Gasteiger partial charge < -0.3 is 15.5 Å². The third-order valence-electron chi connectivity index (χ3n) is 5.69. The molecule has 2 N–H and O–H groups in total. The van der Waals surface area contributed by atoms with Gasteiger partial charge in [-0.05, 0) is 58.5 Å². The van der Waals surface area contributed by atoms with Crippen LogP contribution in [0.2, 0.25) is 0 Å². The number of hydrogen-bond donors (Lipinski definition) is 2. The van der Waals surface area contributed by atoms with Crippen LogP contribution in [0.15, 0.2) is 42.5 Å². The van der Waals surface area contributed by atoms with Crippen LogP contribution in [0.3, 0.4) is 0 Å². The van der Waals surface area contributed by atoms with Gasteiger partial charge in [-0.2, -0.15) is 0 Å². The Labute approximate surface area is 183 Å². The number of nitrogens with zero attached hydrogens (tertiary/aromatic N) is 2. The number of carbonyl (C=O) groups is 3. The number of rotatable bonds is 5. The Morgan fingerprint density at radius 3 is 2.65 bits per heavy atom. The molecule has 0 saturated heterocycles. The molecule has 31 heavy (non-hydrogen) atoms. The van der Waals surface area contributed by atoms with Gasteiger partial charge in [-0.1, -0.05) is 29.8 Å². The van der Waals surface area contributed by atoms with E-state index in [4.69, 9.17) is 0 Å². The van der Waals surface area contributed by atoms with Crippen molar-refractivity contribution in [3.63, 3.8) is 0 Å². The van der Waals surface area contributed by atoms with Crippen LogP contribution in [0, 0.1) is 13.8 Å². The first-order valence-corrected chi connectivity index (χ1v) is 10.5. The molecule has 2 aromatic carbocycles. The molecular weight excluding hydrogens is 392 g/mol. The zero-order valence-electron chi connectivity index (χ0n) is 18.7. The molecule has 0 bridgehead atoms. The summed E-state index contributed by atoms with van der Waals surface area (Å²) >= 11 is 0. The molecule has 0 spiro atoms.